The number of carboxylic acid groups (broad SMARTS) is 1. The second-order valence-electron chi connectivity index (χ2n) is 5.71. The Bertz CT molecular complexity index is 619. The molecule has 1 aromatic heterocycles. The van der Waals surface area contributed by atoms with Crippen LogP contribution >= 0.6 is 11.3 Å². The fourth-order valence-corrected chi connectivity index (χ4v) is 3.89. The van der Waals surface area contributed by atoms with Crippen molar-refractivity contribution < 1.29 is 9.90 Å². The molecule has 0 spiro atoms. The Balaban J connectivity index is 1.54. The number of hydrogen-bond donors (Lipinski definition) is 1. The van der Waals surface area contributed by atoms with Crippen molar-refractivity contribution in [1.29, 1.82) is 0 Å². The van der Waals surface area contributed by atoms with E-state index in [1.807, 2.05) is 6.07 Å². The lowest BCUT2D eigenvalue weighted by Gasteiger charge is -2.28. The Morgan fingerprint density at radius 2 is 1.95 bits per heavy atom. The minimum absolute atomic E-state index is 0.422. The molecule has 0 atom stereocenters. The Labute approximate surface area is 134 Å². The number of amides is 1. The van der Waals surface area contributed by atoms with Crippen molar-refractivity contribution in [3.8, 4) is 0 Å². The third-order valence-electron chi connectivity index (χ3n) is 4.20. The predicted molar refractivity (Wildman–Crippen MR) is 87.5 cm³/mol. The van der Waals surface area contributed by atoms with E-state index >= 15 is 0 Å². The molecule has 1 fully saturated rings. The van der Waals surface area contributed by atoms with Gasteiger partial charge in [-0.3, -0.25) is 0 Å². The van der Waals surface area contributed by atoms with Gasteiger partial charge in [-0.15, -0.1) is 11.3 Å². The van der Waals surface area contributed by atoms with E-state index in [9.17, 15) is 4.79 Å². The number of aryl methyl sites for hydroxylation is 2. The molecule has 5 heteroatoms. The monoisotopic (exact) mass is 316 g/mol. The van der Waals surface area contributed by atoms with E-state index in [1.54, 1.807) is 11.3 Å². The zero-order chi connectivity index (χ0) is 15.4. The van der Waals surface area contributed by atoms with E-state index in [-0.39, 0.29) is 0 Å². The largest absolute Gasteiger partial charge is 0.465 e. The molecule has 4 nitrogen and oxygen atoms in total. The van der Waals surface area contributed by atoms with Gasteiger partial charge in [0, 0.05) is 24.4 Å². The first-order valence-electron chi connectivity index (χ1n) is 7.68. The average Bonchev–Trinajstić information content (AvgIpc) is 3.03. The van der Waals surface area contributed by atoms with Gasteiger partial charge in [-0.2, -0.15) is 0 Å². The summed E-state index contributed by atoms with van der Waals surface area (Å²) in [4.78, 5) is 17.2. The van der Waals surface area contributed by atoms with E-state index in [0.717, 1.165) is 31.4 Å². The zero-order valence-electron chi connectivity index (χ0n) is 12.4. The van der Waals surface area contributed by atoms with E-state index in [4.69, 9.17) is 10.1 Å². The number of benzene rings is 1. The van der Waals surface area contributed by atoms with Gasteiger partial charge in [0.05, 0.1) is 10.7 Å². The highest BCUT2D eigenvalue weighted by molar-refractivity contribution is 7.09. The normalized spacial score (nSPS) is 15.9. The molecule has 22 heavy (non-hydrogen) atoms. The van der Waals surface area contributed by atoms with Crippen LogP contribution in [0.4, 0.5) is 4.79 Å². The molecule has 1 aromatic carbocycles. The van der Waals surface area contributed by atoms with Gasteiger partial charge in [0.2, 0.25) is 0 Å². The highest BCUT2D eigenvalue weighted by Gasteiger charge is 2.25. The molecule has 0 unspecified atom stereocenters. The van der Waals surface area contributed by atoms with Crippen molar-refractivity contribution in [2.24, 2.45) is 0 Å². The molecular weight excluding hydrogens is 296 g/mol. The third kappa shape index (κ3) is 3.65. The van der Waals surface area contributed by atoms with Crippen LogP contribution in [0.15, 0.2) is 35.7 Å². The summed E-state index contributed by atoms with van der Waals surface area (Å²) in [6, 6.07) is 10.5. The Kier molecular flexibility index (Phi) is 4.73. The predicted octanol–water partition coefficient (Wildman–Crippen LogP) is 3.79. The van der Waals surface area contributed by atoms with Crippen LogP contribution < -0.4 is 0 Å². The summed E-state index contributed by atoms with van der Waals surface area (Å²) >= 11 is 1.72. The first-order chi connectivity index (χ1) is 10.7. The smallest absolute Gasteiger partial charge is 0.407 e. The Morgan fingerprint density at radius 1 is 1.23 bits per heavy atom. The van der Waals surface area contributed by atoms with Gasteiger partial charge in [-0.25, -0.2) is 9.78 Å². The lowest BCUT2D eigenvalue weighted by molar-refractivity contribution is 0.132. The average molecular weight is 316 g/mol. The number of rotatable bonds is 4. The summed E-state index contributed by atoms with van der Waals surface area (Å²) in [5.41, 5.74) is 2.50. The molecule has 0 bridgehead atoms. The van der Waals surface area contributed by atoms with Gasteiger partial charge in [0.25, 0.3) is 0 Å². The third-order valence-corrected chi connectivity index (χ3v) is 5.25. The van der Waals surface area contributed by atoms with Crippen LogP contribution in [0.25, 0.3) is 0 Å². The molecule has 0 aliphatic carbocycles. The number of carbonyl (C=O) groups is 1. The molecule has 0 radical (unpaired) electrons. The van der Waals surface area contributed by atoms with E-state index in [1.165, 1.54) is 15.5 Å². The number of aromatic nitrogens is 1. The summed E-state index contributed by atoms with van der Waals surface area (Å²) in [7, 11) is 0. The lowest BCUT2D eigenvalue weighted by atomic mass is 9.98. The summed E-state index contributed by atoms with van der Waals surface area (Å²) in [5.74, 6) is 0.422. The van der Waals surface area contributed by atoms with Crippen LogP contribution in [0.3, 0.4) is 0 Å². The maximum atomic E-state index is 10.9. The SMILES string of the molecule is O=C(O)N1CCC(c2nc(CCc3ccccc3)cs2)CC1. The van der Waals surface area contributed by atoms with Gasteiger partial charge in [-0.05, 0) is 31.2 Å². The fourth-order valence-electron chi connectivity index (χ4n) is 2.86. The maximum Gasteiger partial charge on any atom is 0.407 e. The van der Waals surface area contributed by atoms with Gasteiger partial charge in [0.1, 0.15) is 0 Å². The van der Waals surface area contributed by atoms with Crippen molar-refractivity contribution in [3.05, 3.63) is 52.0 Å². The summed E-state index contributed by atoms with van der Waals surface area (Å²) in [6.45, 7) is 1.25. The second-order valence-corrected chi connectivity index (χ2v) is 6.60. The number of likely N-dealkylation sites (tertiary alicyclic amines) is 1. The van der Waals surface area contributed by atoms with Gasteiger partial charge < -0.3 is 10.0 Å². The molecule has 1 amide bonds. The van der Waals surface area contributed by atoms with Crippen molar-refractivity contribution in [2.45, 2.75) is 31.6 Å². The molecule has 1 aliphatic heterocycles. The number of nitrogens with zero attached hydrogens (tertiary/aromatic N) is 2. The molecule has 1 aliphatic rings. The first-order valence-corrected chi connectivity index (χ1v) is 8.56. The molecule has 0 saturated carbocycles. The van der Waals surface area contributed by atoms with Crippen LogP contribution in [0, 0.1) is 0 Å². The molecule has 1 N–H and O–H groups in total. The Morgan fingerprint density at radius 3 is 2.64 bits per heavy atom. The van der Waals surface area contributed by atoms with Crippen LogP contribution in [-0.4, -0.2) is 34.2 Å². The highest BCUT2D eigenvalue weighted by Crippen LogP contribution is 2.30. The van der Waals surface area contributed by atoms with E-state index in [2.05, 4.69) is 29.6 Å². The van der Waals surface area contributed by atoms with E-state index < -0.39 is 6.09 Å². The number of hydrogen-bond acceptors (Lipinski definition) is 3. The van der Waals surface area contributed by atoms with Gasteiger partial charge in [0.15, 0.2) is 0 Å². The minimum atomic E-state index is -0.805. The minimum Gasteiger partial charge on any atom is -0.465 e. The molecule has 2 aromatic rings. The van der Waals surface area contributed by atoms with Crippen molar-refractivity contribution in [2.75, 3.05) is 13.1 Å². The van der Waals surface area contributed by atoms with Crippen LogP contribution in [-0.2, 0) is 12.8 Å². The van der Waals surface area contributed by atoms with Crippen LogP contribution in [0.1, 0.15) is 35.0 Å². The second kappa shape index (κ2) is 6.92. The lowest BCUT2D eigenvalue weighted by Crippen LogP contribution is -2.36. The van der Waals surface area contributed by atoms with Crippen molar-refractivity contribution >= 4 is 17.4 Å². The first kappa shape index (κ1) is 15.0. The molecule has 116 valence electrons. The fraction of sp³-hybridized carbons (Fsp3) is 0.412. The standard InChI is InChI=1S/C17H20N2O2S/c20-17(21)19-10-8-14(9-11-19)16-18-15(12-22-16)7-6-13-4-2-1-3-5-13/h1-5,12,14H,6-11H2,(H,20,21). The molecule has 3 rings (SSSR count). The summed E-state index contributed by atoms with van der Waals surface area (Å²) in [6.07, 6.45) is 2.95. The molecular formula is C17H20N2O2S. The number of piperidine rings is 1. The van der Waals surface area contributed by atoms with Crippen molar-refractivity contribution in [3.63, 3.8) is 0 Å². The van der Waals surface area contributed by atoms with Crippen molar-refractivity contribution in [1.82, 2.24) is 9.88 Å². The number of thiazole rings is 1. The van der Waals surface area contributed by atoms with Gasteiger partial charge in [-0.1, -0.05) is 30.3 Å². The molecule has 2 heterocycles. The van der Waals surface area contributed by atoms with Crippen LogP contribution in [0.2, 0.25) is 0 Å². The highest BCUT2D eigenvalue weighted by atomic mass is 32.1. The summed E-state index contributed by atoms with van der Waals surface area (Å²) in [5, 5.41) is 12.3. The summed E-state index contributed by atoms with van der Waals surface area (Å²) < 4.78 is 0. The Hall–Kier alpha value is -1.88. The quantitative estimate of drug-likeness (QED) is 0.934. The van der Waals surface area contributed by atoms with E-state index in [0.29, 0.717) is 19.0 Å². The molecule has 1 saturated heterocycles. The topological polar surface area (TPSA) is 53.4 Å². The van der Waals surface area contributed by atoms with Crippen LogP contribution in [0.5, 0.6) is 0 Å². The maximum absolute atomic E-state index is 10.9. The van der Waals surface area contributed by atoms with Gasteiger partial charge >= 0.3 is 6.09 Å². The zero-order valence-corrected chi connectivity index (χ0v) is 13.3.